The molecule has 0 aliphatic rings. The Morgan fingerprint density at radius 3 is 2.58 bits per heavy atom. The van der Waals surface area contributed by atoms with Gasteiger partial charge in [0.2, 0.25) is 5.91 Å². The van der Waals surface area contributed by atoms with Crippen molar-refractivity contribution in [1.82, 2.24) is 4.98 Å². The zero-order valence-electron chi connectivity index (χ0n) is 16.9. The molecule has 0 saturated carbocycles. The van der Waals surface area contributed by atoms with E-state index in [1.54, 1.807) is 55.9 Å². The number of amides is 1. The van der Waals surface area contributed by atoms with Gasteiger partial charge in [0, 0.05) is 24.9 Å². The van der Waals surface area contributed by atoms with Crippen LogP contribution >= 0.6 is 0 Å². The van der Waals surface area contributed by atoms with E-state index >= 15 is 0 Å². The predicted octanol–water partition coefficient (Wildman–Crippen LogP) is 4.06. The number of para-hydroxylation sites is 1. The van der Waals surface area contributed by atoms with E-state index in [4.69, 9.17) is 9.47 Å². The maximum atomic E-state index is 12.2. The van der Waals surface area contributed by atoms with Gasteiger partial charge in [-0.15, -0.1) is 0 Å². The summed E-state index contributed by atoms with van der Waals surface area (Å²) in [7, 11) is 1.56. The van der Waals surface area contributed by atoms with Crippen molar-refractivity contribution in [2.45, 2.75) is 6.42 Å². The summed E-state index contributed by atoms with van der Waals surface area (Å²) < 4.78 is 11.2. The van der Waals surface area contributed by atoms with Crippen LogP contribution in [-0.4, -0.2) is 35.7 Å². The van der Waals surface area contributed by atoms with Gasteiger partial charge in [-0.2, -0.15) is 0 Å². The fraction of sp³-hybridized carbons (Fsp3) is 0.125. The second kappa shape index (κ2) is 10.6. The largest absolute Gasteiger partial charge is 0.493 e. The molecule has 0 radical (unpaired) electrons. The van der Waals surface area contributed by atoms with Crippen molar-refractivity contribution in [1.29, 1.82) is 0 Å². The Labute approximate surface area is 180 Å². The third-order valence-corrected chi connectivity index (χ3v) is 4.43. The molecule has 3 aromatic rings. The summed E-state index contributed by atoms with van der Waals surface area (Å²) in [4.78, 5) is 27.5. The molecule has 158 valence electrons. The minimum Gasteiger partial charge on any atom is -0.493 e. The molecule has 2 N–H and O–H groups in total. The normalized spacial score (nSPS) is 10.6. The van der Waals surface area contributed by atoms with Crippen molar-refractivity contribution in [2.24, 2.45) is 0 Å². The first-order valence-corrected chi connectivity index (χ1v) is 9.58. The van der Waals surface area contributed by atoms with Gasteiger partial charge in [-0.05, 0) is 53.6 Å². The summed E-state index contributed by atoms with van der Waals surface area (Å²) >= 11 is 0. The number of methoxy groups -OCH3 is 1. The first-order chi connectivity index (χ1) is 15.1. The average Bonchev–Trinajstić information content (AvgIpc) is 2.79. The Hall–Kier alpha value is -4.13. The number of nitrogens with one attached hydrogen (secondary N) is 1. The lowest BCUT2D eigenvalue weighted by Gasteiger charge is -2.11. The molecule has 0 atom stereocenters. The van der Waals surface area contributed by atoms with Crippen LogP contribution in [0.3, 0.4) is 0 Å². The van der Waals surface area contributed by atoms with Gasteiger partial charge in [0.1, 0.15) is 0 Å². The molecule has 0 fully saturated rings. The van der Waals surface area contributed by atoms with Gasteiger partial charge in [0.25, 0.3) is 0 Å². The van der Waals surface area contributed by atoms with Crippen LogP contribution in [-0.2, 0) is 11.2 Å². The quantitative estimate of drug-likeness (QED) is 0.509. The van der Waals surface area contributed by atoms with E-state index in [2.05, 4.69) is 10.3 Å². The molecule has 1 amide bonds. The molecule has 0 unspecified atom stereocenters. The van der Waals surface area contributed by atoms with Gasteiger partial charge < -0.3 is 19.9 Å². The number of carbonyl (C=O) groups is 2. The first-order valence-electron chi connectivity index (χ1n) is 9.58. The molecule has 3 rings (SSSR count). The molecular weight excluding hydrogens is 396 g/mol. The molecule has 2 aromatic carbocycles. The molecule has 0 spiro atoms. The summed E-state index contributed by atoms with van der Waals surface area (Å²) in [6.45, 7) is 0.458. The zero-order chi connectivity index (χ0) is 22.1. The minimum absolute atomic E-state index is 0.0265. The van der Waals surface area contributed by atoms with Gasteiger partial charge in [-0.3, -0.25) is 9.78 Å². The Balaban J connectivity index is 1.65. The van der Waals surface area contributed by atoms with E-state index in [1.807, 2.05) is 12.1 Å². The smallest absolute Gasteiger partial charge is 0.337 e. The van der Waals surface area contributed by atoms with Crippen molar-refractivity contribution < 1.29 is 24.2 Å². The van der Waals surface area contributed by atoms with Crippen LogP contribution in [0.25, 0.3) is 6.08 Å². The molecule has 0 saturated heterocycles. The van der Waals surface area contributed by atoms with Crippen LogP contribution in [0.1, 0.15) is 21.5 Å². The highest BCUT2D eigenvalue weighted by Gasteiger charge is 2.10. The van der Waals surface area contributed by atoms with Crippen LogP contribution in [0.15, 0.2) is 73.1 Å². The van der Waals surface area contributed by atoms with Crippen molar-refractivity contribution in [3.8, 4) is 11.5 Å². The van der Waals surface area contributed by atoms with E-state index in [-0.39, 0.29) is 11.3 Å². The Morgan fingerprint density at radius 2 is 1.84 bits per heavy atom. The fourth-order valence-electron chi connectivity index (χ4n) is 2.86. The number of hydrogen-bond donors (Lipinski definition) is 2. The third kappa shape index (κ3) is 6.17. The number of anilines is 1. The monoisotopic (exact) mass is 418 g/mol. The lowest BCUT2D eigenvalue weighted by molar-refractivity contribution is -0.111. The predicted molar refractivity (Wildman–Crippen MR) is 117 cm³/mol. The highest BCUT2D eigenvalue weighted by molar-refractivity contribution is 6.06. The summed E-state index contributed by atoms with van der Waals surface area (Å²) in [5.41, 5.74) is 2.11. The number of aromatic nitrogens is 1. The number of nitrogens with zero attached hydrogens (tertiary/aromatic N) is 1. The standard InChI is InChI=1S/C24H22N2O5/c1-30-21-8-6-18(16-22(21)31-15-12-17-10-13-25-14-11-17)7-9-23(27)26-20-5-3-2-4-19(20)24(28)29/h2-11,13-14,16H,12,15H2,1H3,(H,26,27)(H,28,29). The number of carboxylic acid groups (broad SMARTS) is 1. The van der Waals surface area contributed by atoms with E-state index < -0.39 is 11.9 Å². The van der Waals surface area contributed by atoms with Crippen molar-refractivity contribution in [2.75, 3.05) is 19.0 Å². The lowest BCUT2D eigenvalue weighted by atomic mass is 10.1. The van der Waals surface area contributed by atoms with E-state index in [9.17, 15) is 14.7 Å². The fourth-order valence-corrected chi connectivity index (χ4v) is 2.86. The molecule has 0 aliphatic carbocycles. The highest BCUT2D eigenvalue weighted by Crippen LogP contribution is 2.28. The number of benzene rings is 2. The molecule has 31 heavy (non-hydrogen) atoms. The maximum absolute atomic E-state index is 12.2. The average molecular weight is 418 g/mol. The van der Waals surface area contributed by atoms with Gasteiger partial charge in [0.05, 0.1) is 25.0 Å². The van der Waals surface area contributed by atoms with Crippen LogP contribution < -0.4 is 14.8 Å². The number of rotatable bonds is 9. The van der Waals surface area contributed by atoms with Crippen LogP contribution in [0.5, 0.6) is 11.5 Å². The van der Waals surface area contributed by atoms with Crippen molar-refractivity contribution >= 4 is 23.6 Å². The van der Waals surface area contributed by atoms with Gasteiger partial charge in [-0.1, -0.05) is 18.2 Å². The number of ether oxygens (including phenoxy) is 2. The number of hydrogen-bond acceptors (Lipinski definition) is 5. The van der Waals surface area contributed by atoms with Crippen LogP contribution in [0.2, 0.25) is 0 Å². The summed E-state index contributed by atoms with van der Waals surface area (Å²) in [6, 6.07) is 15.4. The molecule has 7 heteroatoms. The van der Waals surface area contributed by atoms with Crippen LogP contribution in [0, 0.1) is 0 Å². The minimum atomic E-state index is -1.11. The molecule has 0 bridgehead atoms. The lowest BCUT2D eigenvalue weighted by Crippen LogP contribution is -2.11. The van der Waals surface area contributed by atoms with Crippen molar-refractivity contribution in [3.63, 3.8) is 0 Å². The molecule has 0 aliphatic heterocycles. The number of pyridine rings is 1. The van der Waals surface area contributed by atoms with Gasteiger partial charge in [-0.25, -0.2) is 4.79 Å². The Bertz CT molecular complexity index is 1080. The SMILES string of the molecule is COc1ccc(C=CC(=O)Nc2ccccc2C(=O)O)cc1OCCc1ccncc1. The third-order valence-electron chi connectivity index (χ3n) is 4.43. The summed E-state index contributed by atoms with van der Waals surface area (Å²) in [5, 5.41) is 11.8. The maximum Gasteiger partial charge on any atom is 0.337 e. The van der Waals surface area contributed by atoms with Gasteiger partial charge >= 0.3 is 5.97 Å². The molecule has 7 nitrogen and oxygen atoms in total. The second-order valence-electron chi connectivity index (χ2n) is 6.54. The summed E-state index contributed by atoms with van der Waals surface area (Å²) in [5.74, 6) is -0.393. The molecule has 1 heterocycles. The van der Waals surface area contributed by atoms with E-state index in [1.165, 1.54) is 18.2 Å². The zero-order valence-corrected chi connectivity index (χ0v) is 16.9. The second-order valence-corrected chi connectivity index (χ2v) is 6.54. The number of carbonyl (C=O) groups excluding carboxylic acids is 1. The van der Waals surface area contributed by atoms with Crippen LogP contribution in [0.4, 0.5) is 5.69 Å². The topological polar surface area (TPSA) is 97.8 Å². The van der Waals surface area contributed by atoms with E-state index in [0.717, 1.165) is 17.5 Å². The number of aromatic carboxylic acids is 1. The molecular formula is C24H22N2O5. The van der Waals surface area contributed by atoms with Crippen molar-refractivity contribution in [3.05, 3.63) is 89.8 Å². The van der Waals surface area contributed by atoms with Gasteiger partial charge in [0.15, 0.2) is 11.5 Å². The van der Waals surface area contributed by atoms with E-state index in [0.29, 0.717) is 18.1 Å². The summed E-state index contributed by atoms with van der Waals surface area (Å²) in [6.07, 6.45) is 7.15. The number of carboxylic acids is 1. The Morgan fingerprint density at radius 1 is 1.06 bits per heavy atom. The highest BCUT2D eigenvalue weighted by atomic mass is 16.5. The molecule has 1 aromatic heterocycles. The first kappa shape index (κ1) is 21.6. The Kier molecular flexibility index (Phi) is 7.37.